The van der Waals surface area contributed by atoms with Crippen LogP contribution >= 0.6 is 43.2 Å². The van der Waals surface area contributed by atoms with Gasteiger partial charge in [0.05, 0.1) is 3.79 Å². The van der Waals surface area contributed by atoms with Crippen molar-refractivity contribution < 1.29 is 0 Å². The van der Waals surface area contributed by atoms with Crippen LogP contribution in [0, 0.1) is 5.92 Å². The minimum Gasteiger partial charge on any atom is -0.313 e. The fraction of sp³-hybridized carbons (Fsp3) is 0.538. The predicted octanol–water partition coefficient (Wildman–Crippen LogP) is 5.31. The van der Waals surface area contributed by atoms with E-state index in [1.807, 2.05) is 0 Å². The fourth-order valence-corrected chi connectivity index (χ4v) is 3.52. The Labute approximate surface area is 125 Å². The third-order valence-corrected chi connectivity index (χ3v) is 5.57. The van der Waals surface area contributed by atoms with E-state index in [2.05, 4.69) is 70.1 Å². The van der Waals surface area contributed by atoms with Crippen LogP contribution in [0.25, 0.3) is 6.08 Å². The molecule has 1 rings (SSSR count). The molecule has 0 aliphatic rings. The van der Waals surface area contributed by atoms with Gasteiger partial charge in [-0.2, -0.15) is 0 Å². The minimum atomic E-state index is 0.707. The van der Waals surface area contributed by atoms with Gasteiger partial charge in [-0.1, -0.05) is 26.3 Å². The van der Waals surface area contributed by atoms with Gasteiger partial charge in [-0.3, -0.25) is 0 Å². The van der Waals surface area contributed by atoms with Crippen molar-refractivity contribution in [2.24, 2.45) is 5.92 Å². The lowest BCUT2D eigenvalue weighted by Crippen LogP contribution is -2.21. The van der Waals surface area contributed by atoms with Crippen LogP contribution in [0.3, 0.4) is 0 Å². The zero-order valence-corrected chi connectivity index (χ0v) is 14.5. The van der Waals surface area contributed by atoms with E-state index in [4.69, 9.17) is 0 Å². The average Bonchev–Trinajstić information content (AvgIpc) is 2.56. The first-order valence-corrected chi connectivity index (χ1v) is 8.28. The summed E-state index contributed by atoms with van der Waals surface area (Å²) in [6, 6.07) is 2.16. The van der Waals surface area contributed by atoms with Crippen molar-refractivity contribution in [1.82, 2.24) is 5.32 Å². The topological polar surface area (TPSA) is 12.0 Å². The van der Waals surface area contributed by atoms with E-state index >= 15 is 0 Å². The molecule has 1 aromatic rings. The lowest BCUT2D eigenvalue weighted by molar-refractivity contribution is 0.569. The van der Waals surface area contributed by atoms with Crippen LogP contribution in [0.2, 0.25) is 0 Å². The second-order valence-corrected chi connectivity index (χ2v) is 7.71. The highest BCUT2D eigenvalue weighted by atomic mass is 79.9. The number of nitrogens with one attached hydrogen (secondary N) is 1. The molecule has 0 atom stereocenters. The van der Waals surface area contributed by atoms with E-state index in [9.17, 15) is 0 Å². The molecule has 0 amide bonds. The van der Waals surface area contributed by atoms with Crippen molar-refractivity contribution in [3.8, 4) is 0 Å². The van der Waals surface area contributed by atoms with Gasteiger partial charge < -0.3 is 5.32 Å². The largest absolute Gasteiger partial charge is 0.313 e. The smallest absolute Gasteiger partial charge is 0.0846 e. The van der Waals surface area contributed by atoms with Gasteiger partial charge in [0.15, 0.2) is 0 Å². The summed E-state index contributed by atoms with van der Waals surface area (Å²) in [6.45, 7) is 8.74. The fourth-order valence-electron chi connectivity index (χ4n) is 1.44. The number of hydrogen-bond donors (Lipinski definition) is 1. The highest BCUT2D eigenvalue weighted by molar-refractivity contribution is 9.13. The first-order valence-electron chi connectivity index (χ1n) is 5.88. The maximum atomic E-state index is 3.53. The summed E-state index contributed by atoms with van der Waals surface area (Å²) in [5.41, 5.74) is 1.45. The number of rotatable bonds is 6. The normalized spacial score (nSPS) is 12.5. The second-order valence-electron chi connectivity index (χ2n) is 4.45. The van der Waals surface area contributed by atoms with Gasteiger partial charge >= 0.3 is 0 Å². The molecule has 96 valence electrons. The Morgan fingerprint density at radius 2 is 2.18 bits per heavy atom. The molecule has 0 spiro atoms. The molecule has 0 saturated heterocycles. The van der Waals surface area contributed by atoms with E-state index in [-0.39, 0.29) is 0 Å². The lowest BCUT2D eigenvalue weighted by atomic mass is 10.1. The summed E-state index contributed by atoms with van der Waals surface area (Å²) in [5, 5.41) is 3.49. The molecule has 0 unspecified atom stereocenters. The Bertz CT molecular complexity index is 363. The van der Waals surface area contributed by atoms with Crippen molar-refractivity contribution in [3.63, 3.8) is 0 Å². The minimum absolute atomic E-state index is 0.707. The van der Waals surface area contributed by atoms with Crippen LogP contribution in [0.4, 0.5) is 0 Å². The molecule has 0 aliphatic heterocycles. The van der Waals surface area contributed by atoms with Gasteiger partial charge in [-0.25, -0.2) is 0 Å². The van der Waals surface area contributed by atoms with E-state index in [1.165, 1.54) is 10.5 Å². The van der Waals surface area contributed by atoms with Crippen LogP contribution < -0.4 is 5.32 Å². The van der Waals surface area contributed by atoms with Gasteiger partial charge in [0.1, 0.15) is 0 Å². The Morgan fingerprint density at radius 1 is 1.47 bits per heavy atom. The molecule has 0 aromatic carbocycles. The molecule has 0 bridgehead atoms. The van der Waals surface area contributed by atoms with E-state index in [1.54, 1.807) is 11.3 Å². The van der Waals surface area contributed by atoms with E-state index in [0.29, 0.717) is 5.92 Å². The molecule has 4 heteroatoms. The van der Waals surface area contributed by atoms with Crippen LogP contribution in [0.1, 0.15) is 32.1 Å². The van der Waals surface area contributed by atoms with E-state index in [0.717, 1.165) is 27.8 Å². The van der Waals surface area contributed by atoms with Crippen molar-refractivity contribution in [1.29, 1.82) is 0 Å². The Morgan fingerprint density at radius 3 is 2.65 bits per heavy atom. The standard InChI is InChI=1S/C13H19Br2NS/c1-4-10(8-16-7-9(2)3)5-11-6-12(14)13(15)17-11/h5-6,9,16H,4,7-8H2,1-3H3. The molecule has 1 N–H and O–H groups in total. The monoisotopic (exact) mass is 379 g/mol. The summed E-state index contributed by atoms with van der Waals surface area (Å²) in [7, 11) is 0. The molecule has 1 aromatic heterocycles. The number of halogens is 2. The zero-order valence-electron chi connectivity index (χ0n) is 10.5. The van der Waals surface area contributed by atoms with Gasteiger partial charge in [0.25, 0.3) is 0 Å². The molecule has 1 nitrogen and oxygen atoms in total. The third kappa shape index (κ3) is 5.69. The molecular formula is C13H19Br2NS. The average molecular weight is 381 g/mol. The third-order valence-electron chi connectivity index (χ3n) is 2.37. The second kappa shape index (κ2) is 7.72. The number of hydrogen-bond acceptors (Lipinski definition) is 2. The summed E-state index contributed by atoms with van der Waals surface area (Å²) in [4.78, 5) is 1.30. The predicted molar refractivity (Wildman–Crippen MR) is 85.7 cm³/mol. The molecule has 0 fully saturated rings. The van der Waals surface area contributed by atoms with Crippen LogP contribution in [0.15, 0.2) is 19.9 Å². The Kier molecular flexibility index (Phi) is 7.00. The maximum Gasteiger partial charge on any atom is 0.0846 e. The van der Waals surface area contributed by atoms with E-state index < -0.39 is 0 Å². The van der Waals surface area contributed by atoms with Crippen LogP contribution in [0.5, 0.6) is 0 Å². The van der Waals surface area contributed by atoms with Gasteiger partial charge in [0.2, 0.25) is 0 Å². The molecule has 0 saturated carbocycles. The summed E-state index contributed by atoms with van der Waals surface area (Å²) in [5.74, 6) is 0.707. The SMILES string of the molecule is CCC(=Cc1cc(Br)c(Br)s1)CNCC(C)C. The summed E-state index contributed by atoms with van der Waals surface area (Å²) in [6.07, 6.45) is 3.38. The molecule has 0 aliphatic carbocycles. The molecular weight excluding hydrogens is 362 g/mol. The van der Waals surface area contributed by atoms with Crippen molar-refractivity contribution >= 4 is 49.3 Å². The number of thiophene rings is 1. The highest BCUT2D eigenvalue weighted by Crippen LogP contribution is 2.33. The van der Waals surface area contributed by atoms with Crippen molar-refractivity contribution in [2.75, 3.05) is 13.1 Å². The molecule has 17 heavy (non-hydrogen) atoms. The summed E-state index contributed by atoms with van der Waals surface area (Å²) < 4.78 is 2.30. The summed E-state index contributed by atoms with van der Waals surface area (Å²) >= 11 is 8.81. The van der Waals surface area contributed by atoms with Crippen LogP contribution in [-0.4, -0.2) is 13.1 Å². The van der Waals surface area contributed by atoms with Gasteiger partial charge in [0, 0.05) is 15.9 Å². The quantitative estimate of drug-likeness (QED) is 0.704. The molecule has 1 heterocycles. The van der Waals surface area contributed by atoms with Gasteiger partial charge in [-0.15, -0.1) is 11.3 Å². The first kappa shape index (κ1) is 15.4. The van der Waals surface area contributed by atoms with Crippen LogP contribution in [-0.2, 0) is 0 Å². The van der Waals surface area contributed by atoms with Crippen molar-refractivity contribution in [3.05, 3.63) is 24.8 Å². The van der Waals surface area contributed by atoms with Gasteiger partial charge in [-0.05, 0) is 62.9 Å². The Balaban J connectivity index is 2.60. The van der Waals surface area contributed by atoms with Crippen molar-refractivity contribution in [2.45, 2.75) is 27.2 Å². The Hall–Kier alpha value is 0.360. The zero-order chi connectivity index (χ0) is 12.8. The lowest BCUT2D eigenvalue weighted by Gasteiger charge is -2.09. The highest BCUT2D eigenvalue weighted by Gasteiger charge is 2.03. The first-order chi connectivity index (χ1) is 8.02. The molecule has 0 radical (unpaired) electrons. The maximum absolute atomic E-state index is 3.53.